The van der Waals surface area contributed by atoms with E-state index in [1.165, 1.54) is 69.8 Å². The molecule has 1 aliphatic rings. The summed E-state index contributed by atoms with van der Waals surface area (Å²) in [5.74, 6) is 0. The largest absolute Gasteiger partial charge is 0.310 e. The van der Waals surface area contributed by atoms with E-state index in [1.54, 1.807) is 0 Å². The maximum absolute atomic E-state index is 2.46. The van der Waals surface area contributed by atoms with Crippen LogP contribution in [0.3, 0.4) is 0 Å². The van der Waals surface area contributed by atoms with Gasteiger partial charge in [-0.1, -0.05) is 156 Å². The minimum atomic E-state index is -0.145. The summed E-state index contributed by atoms with van der Waals surface area (Å²) < 4.78 is 5.01. The molecule has 0 amide bonds. The van der Waals surface area contributed by atoms with Crippen molar-refractivity contribution < 1.29 is 0 Å². The first kappa shape index (κ1) is 42.9. The van der Waals surface area contributed by atoms with Crippen molar-refractivity contribution in [2.45, 2.75) is 45.4 Å². The van der Waals surface area contributed by atoms with E-state index in [1.807, 2.05) is 11.3 Å². The van der Waals surface area contributed by atoms with Gasteiger partial charge in [-0.25, -0.2) is 0 Å². The van der Waals surface area contributed by atoms with Crippen LogP contribution in [0.4, 0.5) is 34.1 Å². The lowest BCUT2D eigenvalue weighted by Crippen LogP contribution is -2.17. The lowest BCUT2D eigenvalue weighted by molar-refractivity contribution is 0.590. The third kappa shape index (κ3) is 7.08. The highest BCUT2D eigenvalue weighted by Gasteiger charge is 2.36. The number of rotatable bonds is 8. The summed E-state index contributed by atoms with van der Waals surface area (Å²) in [5.41, 5.74) is 19.0. The van der Waals surface area contributed by atoms with Crippen LogP contribution in [0.2, 0.25) is 0 Å². The molecule has 3 nitrogen and oxygen atoms in total. The van der Waals surface area contributed by atoms with Crippen LogP contribution in [0.25, 0.3) is 69.9 Å². The van der Waals surface area contributed by atoms with E-state index < -0.39 is 0 Å². The molecule has 0 bridgehead atoms. The zero-order chi connectivity index (χ0) is 48.0. The quantitative estimate of drug-likeness (QED) is 0.150. The Bertz CT molecular complexity index is 4000. The number of fused-ring (bicyclic) bond motifs is 9. The van der Waals surface area contributed by atoms with Crippen LogP contribution in [0.5, 0.6) is 0 Å². The third-order valence-corrected chi connectivity index (χ3v) is 16.1. The summed E-state index contributed by atoms with van der Waals surface area (Å²) >= 11 is 1.86. The molecule has 0 saturated carbocycles. The highest BCUT2D eigenvalue weighted by Crippen LogP contribution is 2.52. The van der Waals surface area contributed by atoms with Gasteiger partial charge in [0.2, 0.25) is 0 Å². The molecule has 4 heteroatoms. The molecule has 12 aromatic rings. The van der Waals surface area contributed by atoms with Crippen molar-refractivity contribution in [3.63, 3.8) is 0 Å². The second-order valence-corrected chi connectivity index (χ2v) is 21.7. The van der Waals surface area contributed by atoms with Gasteiger partial charge in [0.25, 0.3) is 0 Å². The molecule has 0 fully saturated rings. The van der Waals surface area contributed by atoms with Crippen LogP contribution in [0, 0.1) is 0 Å². The number of para-hydroxylation sites is 3. The number of nitrogens with zero attached hydrogens (tertiary/aromatic N) is 3. The predicted octanol–water partition coefficient (Wildman–Crippen LogP) is 19.4. The topological polar surface area (TPSA) is 11.4 Å². The maximum Gasteiger partial charge on any atom is 0.0541 e. The highest BCUT2D eigenvalue weighted by molar-refractivity contribution is 7.25. The Hall–Kier alpha value is -8.18. The summed E-state index contributed by atoms with van der Waals surface area (Å²) in [4.78, 5) is 4.89. The van der Waals surface area contributed by atoms with Crippen LogP contribution in [-0.2, 0) is 10.8 Å². The Morgan fingerprint density at radius 3 is 1.76 bits per heavy atom. The van der Waals surface area contributed by atoms with Gasteiger partial charge >= 0.3 is 0 Å². The third-order valence-electron chi connectivity index (χ3n) is 14.9. The normalized spacial score (nSPS) is 13.0. The maximum atomic E-state index is 2.46. The molecule has 2 aromatic heterocycles. The molecule has 0 unspecified atom stereocenters. The van der Waals surface area contributed by atoms with Crippen LogP contribution >= 0.6 is 11.3 Å². The molecule has 0 N–H and O–H groups in total. The van der Waals surface area contributed by atoms with Crippen molar-refractivity contribution in [1.29, 1.82) is 0 Å². The summed E-state index contributed by atoms with van der Waals surface area (Å²) in [6, 6.07) is 85.7. The number of thiophene rings is 1. The number of benzene rings is 10. The molecule has 0 atom stereocenters. The molecule has 0 spiro atoms. The number of hydrogen-bond donors (Lipinski definition) is 0. The van der Waals surface area contributed by atoms with Gasteiger partial charge in [0, 0.05) is 76.0 Å². The standard InChI is InChI=1S/C67H53N3S/c1-66(2,3)45-29-31-48(32-30-45)70-61-26-16-13-23-54(61)57-40-44(28-37-63(57)70)56-41-49(68(46-18-8-6-9-19-46)51-33-36-53-52-22-12-15-25-59(52)67(4,5)60(53)43-51)34-38-62(56)69(47-20-10-7-11-21-47)50-35-39-65-58(42-50)55-24-14-17-27-64(55)71-65/h6-43H,1-5H3. The smallest absolute Gasteiger partial charge is 0.0541 e. The van der Waals surface area contributed by atoms with E-state index in [0.29, 0.717) is 0 Å². The van der Waals surface area contributed by atoms with Gasteiger partial charge in [0.05, 0.1) is 16.7 Å². The van der Waals surface area contributed by atoms with E-state index >= 15 is 0 Å². The molecular weight excluding hydrogens is 879 g/mol. The Labute approximate surface area is 420 Å². The summed E-state index contributed by atoms with van der Waals surface area (Å²) in [7, 11) is 0. The van der Waals surface area contributed by atoms with Crippen molar-refractivity contribution in [2.75, 3.05) is 9.80 Å². The Kier molecular flexibility index (Phi) is 9.95. The fourth-order valence-electron chi connectivity index (χ4n) is 11.3. The average molecular weight is 932 g/mol. The first-order chi connectivity index (χ1) is 34.6. The van der Waals surface area contributed by atoms with Gasteiger partial charge in [-0.15, -0.1) is 11.3 Å². The van der Waals surface area contributed by atoms with Crippen molar-refractivity contribution in [3.8, 4) is 27.9 Å². The summed E-state index contributed by atoms with van der Waals surface area (Å²) in [6.07, 6.45) is 0. The van der Waals surface area contributed by atoms with Crippen molar-refractivity contribution in [1.82, 2.24) is 4.57 Å². The number of anilines is 6. The molecule has 2 heterocycles. The minimum absolute atomic E-state index is 0.0659. The Morgan fingerprint density at radius 1 is 0.394 bits per heavy atom. The lowest BCUT2D eigenvalue weighted by atomic mass is 9.82. The first-order valence-corrected chi connectivity index (χ1v) is 25.6. The molecule has 342 valence electrons. The molecule has 1 aliphatic carbocycles. The highest BCUT2D eigenvalue weighted by atomic mass is 32.1. The predicted molar refractivity (Wildman–Crippen MR) is 305 cm³/mol. The molecule has 13 rings (SSSR count). The van der Waals surface area contributed by atoms with E-state index in [9.17, 15) is 0 Å². The molecule has 0 aliphatic heterocycles. The average Bonchev–Trinajstić information content (AvgIpc) is 4.02. The number of aromatic nitrogens is 1. The van der Waals surface area contributed by atoms with E-state index in [2.05, 4.69) is 280 Å². The van der Waals surface area contributed by atoms with Crippen LogP contribution in [0.1, 0.15) is 51.3 Å². The minimum Gasteiger partial charge on any atom is -0.310 e. The van der Waals surface area contributed by atoms with Crippen molar-refractivity contribution in [3.05, 3.63) is 247 Å². The van der Waals surface area contributed by atoms with Crippen LogP contribution < -0.4 is 9.80 Å². The van der Waals surface area contributed by atoms with E-state index in [0.717, 1.165) is 50.9 Å². The van der Waals surface area contributed by atoms with Crippen molar-refractivity contribution >= 4 is 87.4 Å². The molecule has 0 saturated heterocycles. The second-order valence-electron chi connectivity index (χ2n) is 20.6. The van der Waals surface area contributed by atoms with E-state index in [-0.39, 0.29) is 10.8 Å². The fourth-order valence-corrected chi connectivity index (χ4v) is 12.4. The first-order valence-electron chi connectivity index (χ1n) is 24.7. The summed E-state index contributed by atoms with van der Waals surface area (Å²) in [6.45, 7) is 11.6. The van der Waals surface area contributed by atoms with Crippen LogP contribution in [0.15, 0.2) is 231 Å². The zero-order valence-electron chi connectivity index (χ0n) is 40.7. The monoisotopic (exact) mass is 931 g/mol. The SMILES string of the molecule is CC(C)(C)c1ccc(-n2c3ccccc3c3cc(-c4cc(N(c5ccccc5)c5ccc6c(c5)C(C)(C)c5ccccc5-6)ccc4N(c4ccccc4)c4ccc5sc6ccccc6c5c4)ccc32)cc1. The zero-order valence-corrected chi connectivity index (χ0v) is 41.5. The lowest BCUT2D eigenvalue weighted by Gasteiger charge is -2.31. The van der Waals surface area contributed by atoms with E-state index in [4.69, 9.17) is 0 Å². The summed E-state index contributed by atoms with van der Waals surface area (Å²) in [5, 5.41) is 4.99. The van der Waals surface area contributed by atoms with Crippen LogP contribution in [-0.4, -0.2) is 4.57 Å². The number of hydrogen-bond acceptors (Lipinski definition) is 3. The van der Waals surface area contributed by atoms with Gasteiger partial charge in [-0.05, 0) is 148 Å². The molecular formula is C67H53N3S. The second kappa shape index (κ2) is 16.5. The van der Waals surface area contributed by atoms with Gasteiger partial charge in [0.1, 0.15) is 0 Å². The van der Waals surface area contributed by atoms with Crippen molar-refractivity contribution in [2.24, 2.45) is 0 Å². The molecule has 71 heavy (non-hydrogen) atoms. The molecule has 10 aromatic carbocycles. The Morgan fingerprint density at radius 2 is 0.986 bits per heavy atom. The van der Waals surface area contributed by atoms with Gasteiger partial charge in [0.15, 0.2) is 0 Å². The Balaban J connectivity index is 1.06. The van der Waals surface area contributed by atoms with Gasteiger partial charge in [-0.3, -0.25) is 0 Å². The fraction of sp³-hybridized carbons (Fsp3) is 0.104. The van der Waals surface area contributed by atoms with Gasteiger partial charge in [-0.2, -0.15) is 0 Å². The van der Waals surface area contributed by atoms with Gasteiger partial charge < -0.3 is 14.4 Å². The molecule has 0 radical (unpaired) electrons.